The van der Waals surface area contributed by atoms with Crippen molar-refractivity contribution in [3.63, 3.8) is 0 Å². The first kappa shape index (κ1) is 15.1. The molecule has 3 heteroatoms. The van der Waals surface area contributed by atoms with Crippen LogP contribution in [0, 0.1) is 5.41 Å². The summed E-state index contributed by atoms with van der Waals surface area (Å²) in [6.45, 7) is 2.06. The number of hydrogen-bond acceptors (Lipinski definition) is 1. The lowest BCUT2D eigenvalue weighted by atomic mass is 9.65. The maximum Gasteiger partial charge on any atom is 0.231 e. The monoisotopic (exact) mass is 313 g/mol. The topological polar surface area (TPSA) is 29.1 Å². The van der Waals surface area contributed by atoms with Crippen LogP contribution in [-0.4, -0.2) is 11.8 Å². The lowest BCUT2D eigenvalue weighted by Crippen LogP contribution is -2.43. The molecule has 2 aromatic rings. The summed E-state index contributed by atoms with van der Waals surface area (Å²) in [6.07, 6.45) is 1.60. The molecule has 0 radical (unpaired) electrons. The van der Waals surface area contributed by atoms with Crippen molar-refractivity contribution in [3.05, 3.63) is 65.7 Å². The van der Waals surface area contributed by atoms with E-state index < -0.39 is 5.41 Å². The standard InChI is InChI=1S/C19H20ClNO/c1-19(12-7-13-20)17(14-8-3-2-4-9-14)15-10-5-6-11-16(15)21-18(19)22/h2-6,8-11,17H,7,12-13H2,1H3,(H,21,22). The van der Waals surface area contributed by atoms with Crippen molar-refractivity contribution in [1.29, 1.82) is 0 Å². The van der Waals surface area contributed by atoms with Crippen LogP contribution in [0.4, 0.5) is 5.69 Å². The van der Waals surface area contributed by atoms with Crippen LogP contribution in [0.3, 0.4) is 0 Å². The second-order valence-corrected chi connectivity index (χ2v) is 6.47. The molecule has 1 amide bonds. The van der Waals surface area contributed by atoms with E-state index >= 15 is 0 Å². The molecule has 1 aliphatic heterocycles. The van der Waals surface area contributed by atoms with E-state index in [1.807, 2.05) is 36.4 Å². The maximum atomic E-state index is 12.8. The molecule has 0 fully saturated rings. The summed E-state index contributed by atoms with van der Waals surface area (Å²) < 4.78 is 0. The van der Waals surface area contributed by atoms with E-state index in [1.165, 1.54) is 11.1 Å². The van der Waals surface area contributed by atoms with Gasteiger partial charge in [0.15, 0.2) is 0 Å². The molecular formula is C19H20ClNO. The Balaban J connectivity index is 2.15. The first-order valence-electron chi connectivity index (χ1n) is 7.68. The van der Waals surface area contributed by atoms with Gasteiger partial charge in [-0.3, -0.25) is 4.79 Å². The number of anilines is 1. The minimum absolute atomic E-state index is 0.0573. The lowest BCUT2D eigenvalue weighted by molar-refractivity contribution is -0.126. The summed E-state index contributed by atoms with van der Waals surface area (Å²) in [4.78, 5) is 12.8. The molecule has 2 nitrogen and oxygen atoms in total. The highest BCUT2D eigenvalue weighted by atomic mass is 35.5. The van der Waals surface area contributed by atoms with Gasteiger partial charge in [0.2, 0.25) is 5.91 Å². The smallest absolute Gasteiger partial charge is 0.231 e. The third kappa shape index (κ3) is 2.52. The summed E-state index contributed by atoms with van der Waals surface area (Å²) in [5, 5.41) is 3.08. The molecule has 2 aromatic carbocycles. The number of fused-ring (bicyclic) bond motifs is 1. The first-order valence-corrected chi connectivity index (χ1v) is 8.21. The van der Waals surface area contributed by atoms with Crippen molar-refractivity contribution in [2.75, 3.05) is 11.2 Å². The third-order valence-electron chi connectivity index (χ3n) is 4.64. The third-order valence-corrected chi connectivity index (χ3v) is 4.91. The van der Waals surface area contributed by atoms with E-state index in [9.17, 15) is 4.79 Å². The van der Waals surface area contributed by atoms with E-state index in [2.05, 4.69) is 30.4 Å². The Labute approximate surface area is 136 Å². The maximum absolute atomic E-state index is 12.8. The summed E-state index contributed by atoms with van der Waals surface area (Å²) in [5.74, 6) is 0.721. The Hall–Kier alpha value is -1.80. The summed E-state index contributed by atoms with van der Waals surface area (Å²) >= 11 is 5.89. The SMILES string of the molecule is CC1(CCCCl)C(=O)Nc2ccccc2C1c1ccccc1. The fourth-order valence-electron chi connectivity index (χ4n) is 3.49. The number of amides is 1. The number of benzene rings is 2. The molecule has 0 aromatic heterocycles. The Morgan fingerprint density at radius 2 is 1.77 bits per heavy atom. The number of alkyl halides is 1. The molecular weight excluding hydrogens is 294 g/mol. The zero-order chi connectivity index (χ0) is 15.6. The fraction of sp³-hybridized carbons (Fsp3) is 0.316. The van der Waals surface area contributed by atoms with Crippen LogP contribution in [-0.2, 0) is 4.79 Å². The molecule has 114 valence electrons. The predicted octanol–water partition coefficient (Wildman–Crippen LogP) is 4.80. The van der Waals surface area contributed by atoms with E-state index in [4.69, 9.17) is 11.6 Å². The van der Waals surface area contributed by atoms with Gasteiger partial charge in [0, 0.05) is 17.5 Å². The minimum atomic E-state index is -0.482. The Kier molecular flexibility index (Phi) is 4.21. The number of nitrogens with one attached hydrogen (secondary N) is 1. The van der Waals surface area contributed by atoms with Crippen molar-refractivity contribution >= 4 is 23.2 Å². The molecule has 0 saturated carbocycles. The Bertz CT molecular complexity index is 670. The molecule has 0 bridgehead atoms. The van der Waals surface area contributed by atoms with E-state index in [-0.39, 0.29) is 11.8 Å². The number of rotatable bonds is 4. The van der Waals surface area contributed by atoms with Gasteiger partial charge in [0.05, 0.1) is 5.41 Å². The van der Waals surface area contributed by atoms with Gasteiger partial charge in [-0.1, -0.05) is 48.5 Å². The fourth-order valence-corrected chi connectivity index (χ4v) is 3.62. The summed E-state index contributed by atoms with van der Waals surface area (Å²) in [7, 11) is 0. The number of carbonyl (C=O) groups is 1. The normalized spacial score (nSPS) is 23.7. The molecule has 0 aliphatic carbocycles. The second-order valence-electron chi connectivity index (χ2n) is 6.10. The highest BCUT2D eigenvalue weighted by molar-refractivity contribution is 6.17. The van der Waals surface area contributed by atoms with Crippen LogP contribution in [0.2, 0.25) is 0 Å². The molecule has 2 unspecified atom stereocenters. The highest BCUT2D eigenvalue weighted by Crippen LogP contribution is 2.50. The van der Waals surface area contributed by atoms with Crippen molar-refractivity contribution in [2.24, 2.45) is 5.41 Å². The quantitative estimate of drug-likeness (QED) is 0.807. The highest BCUT2D eigenvalue weighted by Gasteiger charge is 2.46. The number of halogens is 1. The number of hydrogen-bond donors (Lipinski definition) is 1. The zero-order valence-corrected chi connectivity index (χ0v) is 13.4. The summed E-state index contributed by atoms with van der Waals surface area (Å²) in [6, 6.07) is 18.4. The van der Waals surface area contributed by atoms with Crippen LogP contribution >= 0.6 is 11.6 Å². The van der Waals surface area contributed by atoms with E-state index in [1.54, 1.807) is 0 Å². The van der Waals surface area contributed by atoms with Gasteiger partial charge in [0.1, 0.15) is 0 Å². The largest absolute Gasteiger partial charge is 0.325 e. The van der Waals surface area contributed by atoms with E-state index in [0.29, 0.717) is 5.88 Å². The zero-order valence-electron chi connectivity index (χ0n) is 12.7. The van der Waals surface area contributed by atoms with Gasteiger partial charge in [-0.05, 0) is 37.0 Å². The average molecular weight is 314 g/mol. The van der Waals surface area contributed by atoms with Crippen molar-refractivity contribution in [1.82, 2.24) is 0 Å². The van der Waals surface area contributed by atoms with Gasteiger partial charge in [-0.25, -0.2) is 0 Å². The van der Waals surface area contributed by atoms with Crippen LogP contribution < -0.4 is 5.32 Å². The van der Waals surface area contributed by atoms with Crippen molar-refractivity contribution in [2.45, 2.75) is 25.7 Å². The molecule has 3 rings (SSSR count). The number of para-hydroxylation sites is 1. The Morgan fingerprint density at radius 1 is 1.09 bits per heavy atom. The van der Waals surface area contributed by atoms with Gasteiger partial charge < -0.3 is 5.32 Å². The average Bonchev–Trinajstić information content (AvgIpc) is 2.55. The van der Waals surface area contributed by atoms with Crippen LogP contribution in [0.5, 0.6) is 0 Å². The van der Waals surface area contributed by atoms with Crippen LogP contribution in [0.1, 0.15) is 36.8 Å². The van der Waals surface area contributed by atoms with Crippen molar-refractivity contribution in [3.8, 4) is 0 Å². The van der Waals surface area contributed by atoms with Gasteiger partial charge in [0.25, 0.3) is 0 Å². The Morgan fingerprint density at radius 3 is 2.50 bits per heavy atom. The van der Waals surface area contributed by atoms with Crippen molar-refractivity contribution < 1.29 is 4.79 Å². The summed E-state index contributed by atoms with van der Waals surface area (Å²) in [5.41, 5.74) is 2.81. The van der Waals surface area contributed by atoms with Gasteiger partial charge in [-0.2, -0.15) is 0 Å². The molecule has 2 atom stereocenters. The van der Waals surface area contributed by atoms with Gasteiger partial charge in [-0.15, -0.1) is 11.6 Å². The minimum Gasteiger partial charge on any atom is -0.325 e. The van der Waals surface area contributed by atoms with Gasteiger partial charge >= 0.3 is 0 Å². The van der Waals surface area contributed by atoms with Crippen LogP contribution in [0.25, 0.3) is 0 Å². The van der Waals surface area contributed by atoms with Crippen LogP contribution in [0.15, 0.2) is 54.6 Å². The molecule has 1 heterocycles. The first-order chi connectivity index (χ1) is 10.7. The molecule has 1 N–H and O–H groups in total. The number of carbonyl (C=O) groups excluding carboxylic acids is 1. The molecule has 22 heavy (non-hydrogen) atoms. The predicted molar refractivity (Wildman–Crippen MR) is 91.4 cm³/mol. The molecule has 0 saturated heterocycles. The van der Waals surface area contributed by atoms with E-state index in [0.717, 1.165) is 18.5 Å². The molecule has 0 spiro atoms. The lowest BCUT2D eigenvalue weighted by Gasteiger charge is -2.42. The molecule has 1 aliphatic rings. The second kappa shape index (κ2) is 6.13.